The van der Waals surface area contributed by atoms with E-state index in [1.807, 2.05) is 88.3 Å². The molecule has 0 bridgehead atoms. The molecule has 0 N–H and O–H groups in total. The number of rotatable bonds is 2. The van der Waals surface area contributed by atoms with Crippen molar-refractivity contribution >= 4 is 39.3 Å². The van der Waals surface area contributed by atoms with E-state index in [1.54, 1.807) is 6.20 Å². The monoisotopic (exact) mass is 584 g/mol. The summed E-state index contributed by atoms with van der Waals surface area (Å²) in [5.41, 5.74) is 5.22. The summed E-state index contributed by atoms with van der Waals surface area (Å²) in [6.45, 7) is 0. The molecule has 0 unspecified atom stereocenters. The van der Waals surface area contributed by atoms with Crippen molar-refractivity contribution < 1.29 is 31.5 Å². The summed E-state index contributed by atoms with van der Waals surface area (Å²) in [4.78, 5) is 8.76. The molecule has 0 spiro atoms. The van der Waals surface area contributed by atoms with Gasteiger partial charge in [-0.3, -0.25) is 4.98 Å². The Morgan fingerprint density at radius 2 is 1.16 bits per heavy atom. The fourth-order valence-corrected chi connectivity index (χ4v) is 3.38. The molecule has 0 aliphatic carbocycles. The van der Waals surface area contributed by atoms with Gasteiger partial charge < -0.3 is 4.98 Å². The summed E-state index contributed by atoms with van der Waals surface area (Å²) >= 11 is 0. The van der Waals surface area contributed by atoms with Crippen molar-refractivity contribution in [2.24, 2.45) is 0 Å². The van der Waals surface area contributed by atoms with Crippen molar-refractivity contribution in [3.63, 3.8) is 0 Å². The third-order valence-electron chi connectivity index (χ3n) is 4.84. The van der Waals surface area contributed by atoms with Crippen molar-refractivity contribution in [1.29, 1.82) is 0 Å². The topological polar surface area (TPSA) is 33.0 Å². The summed E-state index contributed by atoms with van der Waals surface area (Å²) < 4.78 is 3.96. The first kappa shape index (κ1) is 20.7. The summed E-state index contributed by atoms with van der Waals surface area (Å²) in [6.07, 6.45) is 5.81. The van der Waals surface area contributed by atoms with Crippen LogP contribution < -0.4 is 4.98 Å². The van der Waals surface area contributed by atoms with E-state index in [9.17, 15) is 0 Å². The molecule has 3 heterocycles. The van der Waals surface area contributed by atoms with Gasteiger partial charge in [-0.15, -0.1) is 11.0 Å². The minimum absolute atomic E-state index is 0. The Kier molecular flexibility index (Phi) is 6.37. The smallest absolute Gasteiger partial charge is 0.656 e. The van der Waals surface area contributed by atoms with Crippen LogP contribution in [0.1, 0.15) is 0 Å². The molecule has 0 radical (unpaired) electrons. The zero-order valence-electron chi connectivity index (χ0n) is 16.6. The van der Waals surface area contributed by atoms with E-state index in [0.29, 0.717) is 0 Å². The van der Waals surface area contributed by atoms with Crippen molar-refractivity contribution in [3.8, 4) is 0 Å². The largest absolute Gasteiger partial charge is 1.00 e. The molecular weight excluding hydrogens is 565 g/mol. The van der Waals surface area contributed by atoms with E-state index in [0.717, 1.165) is 33.3 Å². The Labute approximate surface area is 196 Å². The third kappa shape index (κ3) is 4.48. The molecule has 1 aliphatic heterocycles. The maximum Gasteiger partial charge on any atom is 1.00 e. The predicted octanol–water partition coefficient (Wildman–Crippen LogP) is 5.68. The SMILES string of the molecule is C1=[N+](c2ccccc2)C=C[N+]=1c1ccccc1.[Au+].c1ccc2c(c1)[n-]c1cccnc12. The van der Waals surface area contributed by atoms with Crippen molar-refractivity contribution in [2.75, 3.05) is 0 Å². The number of para-hydroxylation sites is 3. The summed E-state index contributed by atoms with van der Waals surface area (Å²) in [5.74, 6) is 0. The van der Waals surface area contributed by atoms with Crippen LogP contribution in [-0.4, -0.2) is 20.1 Å². The second-order valence-electron chi connectivity index (χ2n) is 6.81. The number of nitrogens with zero attached hydrogens (tertiary/aromatic N) is 4. The molecule has 0 atom stereocenters. The Morgan fingerprint density at radius 3 is 1.81 bits per heavy atom. The van der Waals surface area contributed by atoms with E-state index in [4.69, 9.17) is 0 Å². The number of fused-ring (bicyclic) bond motifs is 3. The Bertz CT molecular complexity index is 1310. The second kappa shape index (κ2) is 9.52. The van der Waals surface area contributed by atoms with Crippen LogP contribution in [-0.2, 0) is 22.4 Å². The van der Waals surface area contributed by atoms with Gasteiger partial charge >= 0.3 is 28.4 Å². The minimum atomic E-state index is 0. The van der Waals surface area contributed by atoms with Crippen LogP contribution in [0.2, 0.25) is 0 Å². The predicted molar refractivity (Wildman–Crippen MR) is 119 cm³/mol. The maximum absolute atomic E-state index is 4.45. The van der Waals surface area contributed by atoms with Gasteiger partial charge in [0.25, 0.3) is 12.4 Å². The van der Waals surface area contributed by atoms with Crippen LogP contribution in [0.15, 0.2) is 116 Å². The first-order chi connectivity index (χ1) is 14.9. The van der Waals surface area contributed by atoms with Crippen molar-refractivity contribution in [1.82, 2.24) is 9.97 Å². The number of aromatic nitrogens is 2. The number of pyridine rings is 1. The Balaban J connectivity index is 0.000000149. The molecule has 5 aromatic rings. The zero-order valence-corrected chi connectivity index (χ0v) is 18.7. The summed E-state index contributed by atoms with van der Waals surface area (Å²) in [6, 6.07) is 35.6. The Morgan fingerprint density at radius 1 is 0.613 bits per heavy atom. The second-order valence-corrected chi connectivity index (χ2v) is 6.81. The van der Waals surface area contributed by atoms with Gasteiger partial charge in [-0.05, 0) is 11.5 Å². The van der Waals surface area contributed by atoms with Crippen molar-refractivity contribution in [3.05, 3.63) is 116 Å². The van der Waals surface area contributed by atoms with Gasteiger partial charge in [0.1, 0.15) is 0 Å². The standard InChI is InChI=1S/C15H12N2.C11H7N2.Au/c1-3-7-14(8-4-1)16-11-12-17(13-16)15-9-5-2-6-10-15;1-2-5-9-8(4-1)11-10(13-9)6-3-7-12-11;/h1-12H;1-7H;/q+2;-1;+1. The van der Waals surface area contributed by atoms with E-state index >= 15 is 0 Å². The molecule has 6 rings (SSSR count). The quantitative estimate of drug-likeness (QED) is 0.198. The molecule has 3 aromatic carbocycles. The molecule has 0 amide bonds. The van der Waals surface area contributed by atoms with Crippen LogP contribution in [0.4, 0.5) is 11.4 Å². The van der Waals surface area contributed by atoms with E-state index in [2.05, 4.69) is 46.3 Å². The van der Waals surface area contributed by atoms with Gasteiger partial charge in [0.05, 0.1) is 5.52 Å². The van der Waals surface area contributed by atoms with Crippen molar-refractivity contribution in [2.45, 2.75) is 0 Å². The molecule has 0 saturated heterocycles. The summed E-state index contributed by atoms with van der Waals surface area (Å²) in [5, 5.41) is 1.14. The third-order valence-corrected chi connectivity index (χ3v) is 4.84. The van der Waals surface area contributed by atoms with Gasteiger partial charge in [-0.1, -0.05) is 75.9 Å². The molecule has 2 aromatic heterocycles. The number of hydrogen-bond acceptors (Lipinski definition) is 1. The average Bonchev–Trinajstić information content (AvgIpc) is 3.46. The molecular formula is C26H19AuN4+2. The average molecular weight is 584 g/mol. The van der Waals surface area contributed by atoms with Crippen LogP contribution >= 0.6 is 0 Å². The van der Waals surface area contributed by atoms with Crippen LogP contribution in [0.25, 0.3) is 21.9 Å². The van der Waals surface area contributed by atoms with Gasteiger partial charge in [0.15, 0.2) is 0 Å². The molecule has 1 aliphatic rings. The van der Waals surface area contributed by atoms with Gasteiger partial charge in [0.2, 0.25) is 11.4 Å². The molecule has 31 heavy (non-hydrogen) atoms. The zero-order chi connectivity index (χ0) is 20.2. The first-order valence-corrected chi connectivity index (χ1v) is 9.78. The summed E-state index contributed by atoms with van der Waals surface area (Å²) in [7, 11) is 0. The van der Waals surface area contributed by atoms with Gasteiger partial charge in [0, 0.05) is 30.5 Å². The van der Waals surface area contributed by atoms with Crippen LogP contribution in [0.3, 0.4) is 0 Å². The minimum Gasteiger partial charge on any atom is -0.656 e. The van der Waals surface area contributed by atoms with Crippen LogP contribution in [0, 0.1) is 0 Å². The molecule has 0 saturated carbocycles. The molecule has 0 fully saturated rings. The van der Waals surface area contributed by atoms with Gasteiger partial charge in [-0.25, -0.2) is 0 Å². The van der Waals surface area contributed by atoms with Gasteiger partial charge in [-0.2, -0.15) is 0 Å². The first-order valence-electron chi connectivity index (χ1n) is 9.78. The van der Waals surface area contributed by atoms with E-state index in [-0.39, 0.29) is 22.4 Å². The number of benzene rings is 3. The Hall–Kier alpha value is -3.53. The fraction of sp³-hybridized carbons (Fsp3) is 0. The maximum atomic E-state index is 4.45. The van der Waals surface area contributed by atoms with E-state index in [1.165, 1.54) is 0 Å². The molecule has 4 nitrogen and oxygen atoms in total. The van der Waals surface area contributed by atoms with E-state index < -0.39 is 0 Å². The number of hydrogen-bond donors (Lipinski definition) is 0. The fourth-order valence-electron chi connectivity index (χ4n) is 3.38. The molecule has 152 valence electrons. The van der Waals surface area contributed by atoms with Crippen LogP contribution in [0.5, 0.6) is 0 Å². The normalized spacial score (nSPS) is 12.0. The molecule has 5 heteroatoms.